The van der Waals surface area contributed by atoms with Crippen LogP contribution in [0.5, 0.6) is 0 Å². The second kappa shape index (κ2) is 7.79. The van der Waals surface area contributed by atoms with E-state index in [1.54, 1.807) is 12.1 Å². The van der Waals surface area contributed by atoms with E-state index >= 15 is 0 Å². The van der Waals surface area contributed by atoms with Crippen LogP contribution < -0.4 is 0 Å². The Morgan fingerprint density at radius 2 is 1.83 bits per heavy atom. The molecule has 0 aromatic heterocycles. The van der Waals surface area contributed by atoms with Crippen LogP contribution in [0.3, 0.4) is 0 Å². The standard InChI is InChI=1S/C23H22FNO4/c1-14-4-6-16(7-5-14)21(26)19-20(15-8-10-17(24)11-9-15)25(23(28)22(19)27)13-18-3-2-12-29-18/h4-11,18,20,26H,2-3,12-13H2,1H3/t18-,20+/m0/s1. The Bertz CT molecular complexity index is 959. The number of Topliss-reactive ketones (excluding diaryl/α,β-unsaturated/α-hetero) is 1. The highest BCUT2D eigenvalue weighted by atomic mass is 19.1. The number of carbonyl (C=O) groups excluding carboxylic acids is 2. The lowest BCUT2D eigenvalue weighted by Crippen LogP contribution is -2.36. The van der Waals surface area contributed by atoms with Crippen LogP contribution in [0.1, 0.15) is 35.6 Å². The predicted molar refractivity (Wildman–Crippen MR) is 106 cm³/mol. The van der Waals surface area contributed by atoms with Crippen molar-refractivity contribution in [2.24, 2.45) is 0 Å². The number of benzene rings is 2. The van der Waals surface area contributed by atoms with Crippen molar-refractivity contribution in [3.63, 3.8) is 0 Å². The van der Waals surface area contributed by atoms with Gasteiger partial charge in [-0.15, -0.1) is 0 Å². The summed E-state index contributed by atoms with van der Waals surface area (Å²) in [5.74, 6) is -2.06. The quantitative estimate of drug-likeness (QED) is 0.487. The zero-order valence-electron chi connectivity index (χ0n) is 16.1. The van der Waals surface area contributed by atoms with Crippen molar-refractivity contribution in [2.75, 3.05) is 13.2 Å². The number of hydrogen-bond acceptors (Lipinski definition) is 4. The highest BCUT2D eigenvalue weighted by Gasteiger charge is 2.47. The molecule has 2 aromatic rings. The third-order valence-electron chi connectivity index (χ3n) is 5.48. The van der Waals surface area contributed by atoms with E-state index in [1.165, 1.54) is 29.2 Å². The fourth-order valence-electron chi connectivity index (χ4n) is 3.93. The number of carbonyl (C=O) groups is 2. The first-order valence-electron chi connectivity index (χ1n) is 9.68. The van der Waals surface area contributed by atoms with Gasteiger partial charge in [0.2, 0.25) is 0 Å². The lowest BCUT2D eigenvalue weighted by Gasteiger charge is -2.27. The number of amides is 1. The number of likely N-dealkylation sites (tertiary alicyclic amines) is 1. The lowest BCUT2D eigenvalue weighted by atomic mass is 9.95. The van der Waals surface area contributed by atoms with Gasteiger partial charge in [0.15, 0.2) is 0 Å². The minimum Gasteiger partial charge on any atom is -0.507 e. The van der Waals surface area contributed by atoms with E-state index in [-0.39, 0.29) is 24.0 Å². The molecular formula is C23H22FNO4. The zero-order chi connectivity index (χ0) is 20.5. The maximum Gasteiger partial charge on any atom is 0.295 e. The average Bonchev–Trinajstić information content (AvgIpc) is 3.31. The molecule has 0 spiro atoms. The maximum atomic E-state index is 13.5. The Morgan fingerprint density at radius 3 is 2.45 bits per heavy atom. The summed E-state index contributed by atoms with van der Waals surface area (Å²) in [5, 5.41) is 10.9. The van der Waals surface area contributed by atoms with Gasteiger partial charge in [0.1, 0.15) is 11.6 Å². The van der Waals surface area contributed by atoms with Crippen LogP contribution in [0.2, 0.25) is 0 Å². The van der Waals surface area contributed by atoms with E-state index < -0.39 is 23.5 Å². The SMILES string of the molecule is Cc1ccc(C(O)=C2C(=O)C(=O)N(C[C@@H]3CCCO3)[C@@H]2c2ccc(F)cc2)cc1. The molecule has 2 aliphatic heterocycles. The van der Waals surface area contributed by atoms with E-state index in [1.807, 2.05) is 19.1 Å². The van der Waals surface area contributed by atoms with Crippen LogP contribution in [0.15, 0.2) is 54.1 Å². The second-order valence-corrected chi connectivity index (χ2v) is 7.50. The molecule has 0 radical (unpaired) electrons. The number of halogens is 1. The van der Waals surface area contributed by atoms with Crippen molar-refractivity contribution >= 4 is 17.4 Å². The van der Waals surface area contributed by atoms with Crippen LogP contribution >= 0.6 is 0 Å². The van der Waals surface area contributed by atoms with Gasteiger partial charge in [0.05, 0.1) is 17.7 Å². The molecule has 0 unspecified atom stereocenters. The van der Waals surface area contributed by atoms with Crippen molar-refractivity contribution in [3.05, 3.63) is 76.6 Å². The summed E-state index contributed by atoms with van der Waals surface area (Å²) in [6.07, 6.45) is 1.55. The van der Waals surface area contributed by atoms with Crippen LogP contribution in [0.4, 0.5) is 4.39 Å². The van der Waals surface area contributed by atoms with Gasteiger partial charge in [-0.25, -0.2) is 4.39 Å². The number of rotatable bonds is 4. The summed E-state index contributed by atoms with van der Waals surface area (Å²) in [5.41, 5.74) is 2.05. The van der Waals surface area contributed by atoms with Gasteiger partial charge in [0.25, 0.3) is 11.7 Å². The smallest absolute Gasteiger partial charge is 0.295 e. The van der Waals surface area contributed by atoms with Crippen molar-refractivity contribution in [1.82, 2.24) is 4.90 Å². The fourth-order valence-corrected chi connectivity index (χ4v) is 3.93. The molecular weight excluding hydrogens is 373 g/mol. The molecule has 2 saturated heterocycles. The number of aliphatic hydroxyl groups is 1. The third-order valence-corrected chi connectivity index (χ3v) is 5.48. The van der Waals surface area contributed by atoms with E-state index in [0.29, 0.717) is 17.7 Å². The molecule has 29 heavy (non-hydrogen) atoms. The molecule has 2 heterocycles. The number of aryl methyl sites for hydroxylation is 1. The Morgan fingerprint density at radius 1 is 1.14 bits per heavy atom. The number of ether oxygens (including phenoxy) is 1. The molecule has 0 aliphatic carbocycles. The molecule has 4 rings (SSSR count). The normalized spacial score (nSPS) is 23.7. The van der Waals surface area contributed by atoms with Crippen molar-refractivity contribution in [1.29, 1.82) is 0 Å². The Hall–Kier alpha value is -2.99. The van der Waals surface area contributed by atoms with Crippen molar-refractivity contribution in [2.45, 2.75) is 31.9 Å². The minimum atomic E-state index is -0.791. The highest BCUT2D eigenvalue weighted by Crippen LogP contribution is 2.40. The van der Waals surface area contributed by atoms with E-state index in [0.717, 1.165) is 18.4 Å². The van der Waals surface area contributed by atoms with Crippen LogP contribution in [0, 0.1) is 12.7 Å². The number of nitrogens with zero attached hydrogens (tertiary/aromatic N) is 1. The summed E-state index contributed by atoms with van der Waals surface area (Å²) < 4.78 is 19.1. The summed E-state index contributed by atoms with van der Waals surface area (Å²) >= 11 is 0. The average molecular weight is 395 g/mol. The largest absolute Gasteiger partial charge is 0.507 e. The monoisotopic (exact) mass is 395 g/mol. The molecule has 6 heteroatoms. The number of aliphatic hydroxyl groups excluding tert-OH is 1. The lowest BCUT2D eigenvalue weighted by molar-refractivity contribution is -0.140. The molecule has 1 amide bonds. The van der Waals surface area contributed by atoms with E-state index in [9.17, 15) is 19.1 Å². The zero-order valence-corrected chi connectivity index (χ0v) is 16.1. The van der Waals surface area contributed by atoms with Crippen molar-refractivity contribution in [3.8, 4) is 0 Å². The molecule has 2 aliphatic rings. The maximum absolute atomic E-state index is 13.5. The van der Waals surface area contributed by atoms with Crippen molar-refractivity contribution < 1.29 is 23.8 Å². The second-order valence-electron chi connectivity index (χ2n) is 7.50. The molecule has 2 fully saturated rings. The van der Waals surface area contributed by atoms with Gasteiger partial charge in [-0.1, -0.05) is 42.0 Å². The number of ketones is 1. The Balaban J connectivity index is 1.81. The van der Waals surface area contributed by atoms with Crippen LogP contribution in [-0.4, -0.2) is 41.0 Å². The molecule has 2 aromatic carbocycles. The first-order valence-corrected chi connectivity index (χ1v) is 9.68. The van der Waals surface area contributed by atoms with Crippen LogP contribution in [0.25, 0.3) is 5.76 Å². The molecule has 5 nitrogen and oxygen atoms in total. The van der Waals surface area contributed by atoms with Gasteiger partial charge in [-0.2, -0.15) is 0 Å². The van der Waals surface area contributed by atoms with E-state index in [2.05, 4.69) is 0 Å². The molecule has 150 valence electrons. The van der Waals surface area contributed by atoms with Gasteiger partial charge < -0.3 is 14.7 Å². The van der Waals surface area contributed by atoms with E-state index in [4.69, 9.17) is 4.74 Å². The van der Waals surface area contributed by atoms with Crippen LogP contribution in [-0.2, 0) is 14.3 Å². The molecule has 0 saturated carbocycles. The number of hydrogen-bond donors (Lipinski definition) is 1. The first-order chi connectivity index (χ1) is 14.0. The fraction of sp³-hybridized carbons (Fsp3) is 0.304. The van der Waals surface area contributed by atoms with Gasteiger partial charge >= 0.3 is 0 Å². The van der Waals surface area contributed by atoms with Gasteiger partial charge in [0, 0.05) is 18.7 Å². The van der Waals surface area contributed by atoms with Gasteiger partial charge in [-0.05, 0) is 37.5 Å². The Kier molecular flexibility index (Phi) is 5.20. The topological polar surface area (TPSA) is 66.8 Å². The molecule has 0 bridgehead atoms. The summed E-state index contributed by atoms with van der Waals surface area (Å²) in [7, 11) is 0. The molecule has 2 atom stereocenters. The van der Waals surface area contributed by atoms with Gasteiger partial charge in [-0.3, -0.25) is 9.59 Å². The highest BCUT2D eigenvalue weighted by molar-refractivity contribution is 6.46. The Labute approximate surface area is 168 Å². The summed E-state index contributed by atoms with van der Waals surface area (Å²) in [6.45, 7) is 2.79. The first kappa shape index (κ1) is 19.3. The predicted octanol–water partition coefficient (Wildman–Crippen LogP) is 3.73. The third kappa shape index (κ3) is 3.68. The molecule has 1 N–H and O–H groups in total. The minimum absolute atomic E-state index is 0.0171. The summed E-state index contributed by atoms with van der Waals surface area (Å²) in [6, 6.07) is 11.9. The summed E-state index contributed by atoms with van der Waals surface area (Å²) in [4.78, 5) is 27.2.